The molecule has 0 saturated carbocycles. The molecule has 1 aromatic heterocycles. The lowest BCUT2D eigenvalue weighted by Crippen LogP contribution is -2.34. The number of hydrogen-bond acceptors (Lipinski definition) is 3. The van der Waals surface area contributed by atoms with Gasteiger partial charge in [0, 0.05) is 18.8 Å². The second kappa shape index (κ2) is 8.04. The number of aromatic nitrogens is 2. The molecule has 1 N–H and O–H groups in total. The van der Waals surface area contributed by atoms with Crippen LogP contribution in [0.15, 0.2) is 4.99 Å². The van der Waals surface area contributed by atoms with Gasteiger partial charge in [-0.2, -0.15) is 5.10 Å². The lowest BCUT2D eigenvalue weighted by atomic mass is 10.1. The van der Waals surface area contributed by atoms with Crippen molar-refractivity contribution in [2.75, 3.05) is 33.7 Å². The van der Waals surface area contributed by atoms with Gasteiger partial charge in [0.05, 0.1) is 5.69 Å². The van der Waals surface area contributed by atoms with Crippen molar-refractivity contribution in [3.05, 3.63) is 17.0 Å². The molecule has 0 aliphatic carbocycles. The summed E-state index contributed by atoms with van der Waals surface area (Å²) in [6.07, 6.45) is 2.10. The quantitative estimate of drug-likeness (QED) is 0.491. The van der Waals surface area contributed by atoms with E-state index in [-0.39, 0.29) is 0 Å². The maximum Gasteiger partial charge on any atom is 0.219 e. The normalized spacial score (nSPS) is 12.2. The predicted octanol–water partition coefficient (Wildman–Crippen LogP) is 1.83. The zero-order chi connectivity index (χ0) is 15.1. The molecule has 114 valence electrons. The van der Waals surface area contributed by atoms with Crippen LogP contribution < -0.4 is 5.32 Å². The molecule has 0 amide bonds. The van der Waals surface area contributed by atoms with E-state index in [1.54, 1.807) is 0 Å². The second-order valence-electron chi connectivity index (χ2n) is 5.30. The van der Waals surface area contributed by atoms with Crippen LogP contribution in [0.4, 0.5) is 0 Å². The summed E-state index contributed by atoms with van der Waals surface area (Å²) in [5.41, 5.74) is 3.62. The molecule has 1 rings (SSSR count). The molecular weight excluding hydrogens is 250 g/mol. The Balaban J connectivity index is 2.79. The molecule has 0 radical (unpaired) electrons. The van der Waals surface area contributed by atoms with Crippen LogP contribution >= 0.6 is 0 Å². The van der Waals surface area contributed by atoms with Gasteiger partial charge in [-0.3, -0.25) is 4.99 Å². The molecule has 1 aromatic rings. The molecule has 1 heterocycles. The summed E-state index contributed by atoms with van der Waals surface area (Å²) in [5.74, 6) is 0.867. The Morgan fingerprint density at radius 1 is 1.30 bits per heavy atom. The number of hydrogen-bond donors (Lipinski definition) is 1. The van der Waals surface area contributed by atoms with Gasteiger partial charge in [0.1, 0.15) is 0 Å². The average molecular weight is 279 g/mol. The molecule has 5 nitrogen and oxygen atoms in total. The molecule has 0 aromatic carbocycles. The Bertz CT molecular complexity index is 445. The summed E-state index contributed by atoms with van der Waals surface area (Å²) in [4.78, 5) is 6.74. The van der Waals surface area contributed by atoms with Crippen LogP contribution in [0.25, 0.3) is 0 Å². The fourth-order valence-corrected chi connectivity index (χ4v) is 2.34. The Kier molecular flexibility index (Phi) is 6.71. The van der Waals surface area contributed by atoms with Gasteiger partial charge in [-0.15, -0.1) is 0 Å². The highest BCUT2D eigenvalue weighted by Crippen LogP contribution is 2.13. The van der Waals surface area contributed by atoms with Crippen molar-refractivity contribution in [3.63, 3.8) is 0 Å². The van der Waals surface area contributed by atoms with E-state index in [2.05, 4.69) is 55.2 Å². The van der Waals surface area contributed by atoms with Crippen LogP contribution in [0.3, 0.4) is 0 Å². The van der Waals surface area contributed by atoms with E-state index >= 15 is 0 Å². The highest BCUT2D eigenvalue weighted by molar-refractivity contribution is 5.82. The average Bonchev–Trinajstić information content (AvgIpc) is 2.68. The van der Waals surface area contributed by atoms with Gasteiger partial charge in [0.25, 0.3) is 0 Å². The van der Waals surface area contributed by atoms with Gasteiger partial charge in [-0.05, 0) is 59.8 Å². The number of nitrogens with one attached hydrogen (secondary N) is 1. The molecule has 0 aliphatic heterocycles. The lowest BCUT2D eigenvalue weighted by molar-refractivity contribution is 0.399. The summed E-state index contributed by atoms with van der Waals surface area (Å²) in [7, 11) is 4.19. The van der Waals surface area contributed by atoms with Crippen molar-refractivity contribution >= 4 is 5.96 Å². The Morgan fingerprint density at radius 2 is 2.00 bits per heavy atom. The van der Waals surface area contributed by atoms with E-state index < -0.39 is 0 Å². The summed E-state index contributed by atoms with van der Waals surface area (Å²) in [6, 6.07) is 0. The largest absolute Gasteiger partial charge is 0.354 e. The van der Waals surface area contributed by atoms with Crippen molar-refractivity contribution in [1.82, 2.24) is 20.0 Å². The van der Waals surface area contributed by atoms with Gasteiger partial charge in [0.2, 0.25) is 5.96 Å². The number of nitrogens with zero attached hydrogens (tertiary/aromatic N) is 4. The van der Waals surface area contributed by atoms with Crippen molar-refractivity contribution in [3.8, 4) is 0 Å². The van der Waals surface area contributed by atoms with Crippen LogP contribution in [0.2, 0.25) is 0 Å². The Labute approximate surface area is 123 Å². The standard InChI is InChI=1S/C15H29N5/c1-7-14-12(3)18-20(13(14)4)15(16-8-2)17-10-9-11-19(5)6/h7-11H2,1-6H3,(H,16,17). The number of aryl methyl sites for hydroxylation is 1. The lowest BCUT2D eigenvalue weighted by Gasteiger charge is -2.13. The molecule has 20 heavy (non-hydrogen) atoms. The minimum Gasteiger partial charge on any atom is -0.354 e. The zero-order valence-electron chi connectivity index (χ0n) is 13.8. The number of aliphatic imine (C=N–C) groups is 1. The maximum atomic E-state index is 4.63. The van der Waals surface area contributed by atoms with Crippen molar-refractivity contribution in [2.24, 2.45) is 4.99 Å². The van der Waals surface area contributed by atoms with Crippen LogP contribution in [-0.2, 0) is 6.42 Å². The minimum atomic E-state index is 0.760. The Hall–Kier alpha value is -1.36. The van der Waals surface area contributed by atoms with E-state index in [9.17, 15) is 0 Å². The van der Waals surface area contributed by atoms with Crippen LogP contribution in [0.5, 0.6) is 0 Å². The number of rotatable bonds is 6. The van der Waals surface area contributed by atoms with Crippen molar-refractivity contribution in [1.29, 1.82) is 0 Å². The molecule has 0 bridgehead atoms. The zero-order valence-corrected chi connectivity index (χ0v) is 13.8. The summed E-state index contributed by atoms with van der Waals surface area (Å²) in [6.45, 7) is 11.1. The van der Waals surface area contributed by atoms with Crippen LogP contribution in [0.1, 0.15) is 37.2 Å². The topological polar surface area (TPSA) is 45.5 Å². The third-order valence-electron chi connectivity index (χ3n) is 3.37. The van der Waals surface area contributed by atoms with E-state index in [0.29, 0.717) is 0 Å². The predicted molar refractivity (Wildman–Crippen MR) is 85.6 cm³/mol. The molecule has 0 spiro atoms. The SMILES string of the molecule is CC/N=C(/NCCCN(C)C)n1nc(C)c(CC)c1C. The first-order valence-corrected chi connectivity index (χ1v) is 7.49. The van der Waals surface area contributed by atoms with E-state index in [1.807, 2.05) is 11.6 Å². The molecule has 5 heteroatoms. The van der Waals surface area contributed by atoms with Gasteiger partial charge in [-0.25, -0.2) is 4.68 Å². The molecule has 0 unspecified atom stereocenters. The highest BCUT2D eigenvalue weighted by Gasteiger charge is 2.13. The van der Waals surface area contributed by atoms with E-state index in [1.165, 1.54) is 11.3 Å². The summed E-state index contributed by atoms with van der Waals surface area (Å²) in [5, 5.41) is 8.05. The molecule has 0 saturated heterocycles. The molecule has 0 fully saturated rings. The monoisotopic (exact) mass is 279 g/mol. The van der Waals surface area contributed by atoms with E-state index in [4.69, 9.17) is 0 Å². The molecule has 0 aliphatic rings. The van der Waals surface area contributed by atoms with Crippen LogP contribution in [-0.4, -0.2) is 54.4 Å². The van der Waals surface area contributed by atoms with Crippen molar-refractivity contribution < 1.29 is 0 Å². The van der Waals surface area contributed by atoms with Gasteiger partial charge < -0.3 is 10.2 Å². The van der Waals surface area contributed by atoms with Crippen LogP contribution in [0, 0.1) is 13.8 Å². The maximum absolute atomic E-state index is 4.63. The first kappa shape index (κ1) is 16.7. The minimum absolute atomic E-state index is 0.760. The first-order valence-electron chi connectivity index (χ1n) is 7.49. The summed E-state index contributed by atoms with van der Waals surface area (Å²) < 4.78 is 1.95. The smallest absolute Gasteiger partial charge is 0.219 e. The fraction of sp³-hybridized carbons (Fsp3) is 0.733. The van der Waals surface area contributed by atoms with Gasteiger partial charge in [-0.1, -0.05) is 6.92 Å². The third-order valence-corrected chi connectivity index (χ3v) is 3.37. The first-order chi connectivity index (χ1) is 9.51. The highest BCUT2D eigenvalue weighted by atomic mass is 15.4. The molecule has 0 atom stereocenters. The second-order valence-corrected chi connectivity index (χ2v) is 5.30. The van der Waals surface area contributed by atoms with Gasteiger partial charge >= 0.3 is 0 Å². The molecular formula is C15H29N5. The summed E-state index contributed by atoms with van der Waals surface area (Å²) >= 11 is 0. The van der Waals surface area contributed by atoms with Crippen molar-refractivity contribution in [2.45, 2.75) is 40.5 Å². The third kappa shape index (κ3) is 4.34. The van der Waals surface area contributed by atoms with E-state index in [0.717, 1.165) is 44.1 Å². The van der Waals surface area contributed by atoms with Gasteiger partial charge in [0.15, 0.2) is 0 Å². The Morgan fingerprint density at radius 3 is 2.50 bits per heavy atom. The fourth-order valence-electron chi connectivity index (χ4n) is 2.34.